The first kappa shape index (κ1) is 13.6. The largest absolute Gasteiger partial charge is 0.480 e. The number of nitrogens with zero attached hydrogens (tertiary/aromatic N) is 1. The second-order valence-corrected chi connectivity index (χ2v) is 6.14. The van der Waals surface area contributed by atoms with Gasteiger partial charge >= 0.3 is 5.97 Å². The zero-order valence-corrected chi connectivity index (χ0v) is 11.2. The molecular weight excluding hydrogens is 274 g/mol. The number of carbonyl (C=O) groups is 1. The molecule has 0 saturated heterocycles. The van der Waals surface area contributed by atoms with Crippen LogP contribution in [0.25, 0.3) is 0 Å². The van der Waals surface area contributed by atoms with Gasteiger partial charge in [-0.2, -0.15) is 4.31 Å². The van der Waals surface area contributed by atoms with E-state index in [-0.39, 0.29) is 11.7 Å². The number of rotatable bonds is 4. The number of likely N-dealkylation sites (N-methyl/N-ethyl adjacent to an activating group) is 1. The van der Waals surface area contributed by atoms with Crippen LogP contribution in [0, 0.1) is 6.92 Å². The third kappa shape index (κ3) is 2.49. The van der Waals surface area contributed by atoms with Crippen LogP contribution in [-0.2, 0) is 14.8 Å². The van der Waals surface area contributed by atoms with E-state index in [0.717, 1.165) is 4.31 Å². The summed E-state index contributed by atoms with van der Waals surface area (Å²) in [5.74, 6) is -0.394. The van der Waals surface area contributed by atoms with Gasteiger partial charge in [0.2, 0.25) is 16.8 Å². The molecule has 1 N–H and O–H groups in total. The number of fused-ring (bicyclic) bond motifs is 1. The highest BCUT2D eigenvalue weighted by atomic mass is 32.2. The Bertz CT molecular complexity index is 624. The fourth-order valence-corrected chi connectivity index (χ4v) is 3.08. The monoisotopic (exact) mass is 287 g/mol. The fraction of sp³-hybridized carbons (Fsp3) is 0.364. The van der Waals surface area contributed by atoms with Gasteiger partial charge in [-0.25, -0.2) is 8.42 Å². The van der Waals surface area contributed by atoms with Crippen molar-refractivity contribution in [2.75, 3.05) is 20.4 Å². The van der Waals surface area contributed by atoms with E-state index >= 15 is 0 Å². The Morgan fingerprint density at radius 1 is 1.37 bits per heavy atom. The molecule has 0 amide bonds. The van der Waals surface area contributed by atoms with E-state index < -0.39 is 22.5 Å². The predicted molar refractivity (Wildman–Crippen MR) is 64.8 cm³/mol. The van der Waals surface area contributed by atoms with Gasteiger partial charge in [-0.1, -0.05) is 0 Å². The molecule has 1 aromatic carbocycles. The van der Waals surface area contributed by atoms with Crippen molar-refractivity contribution < 1.29 is 27.8 Å². The smallest absolute Gasteiger partial charge is 0.318 e. The van der Waals surface area contributed by atoms with Gasteiger partial charge in [-0.15, -0.1) is 0 Å². The summed E-state index contributed by atoms with van der Waals surface area (Å²) in [6.07, 6.45) is 0. The Hall–Kier alpha value is -1.80. The highest BCUT2D eigenvalue weighted by Gasteiger charge is 2.27. The first-order chi connectivity index (χ1) is 8.82. The van der Waals surface area contributed by atoms with Crippen LogP contribution in [0.15, 0.2) is 17.0 Å². The summed E-state index contributed by atoms with van der Waals surface area (Å²) in [6, 6.07) is 2.91. The molecule has 0 aliphatic carbocycles. The number of carboxylic acids is 1. The molecule has 0 fully saturated rings. The molecule has 2 rings (SSSR count). The molecule has 104 valence electrons. The predicted octanol–water partition coefficient (Wildman–Crippen LogP) is 0.429. The molecule has 1 aliphatic heterocycles. The molecule has 0 saturated carbocycles. The van der Waals surface area contributed by atoms with E-state index in [1.807, 2.05) is 0 Å². The second-order valence-electron chi connectivity index (χ2n) is 4.13. The Morgan fingerprint density at radius 3 is 2.53 bits per heavy atom. The zero-order chi connectivity index (χ0) is 14.2. The normalized spacial score (nSPS) is 13.8. The van der Waals surface area contributed by atoms with E-state index in [4.69, 9.17) is 14.6 Å². The van der Waals surface area contributed by atoms with Crippen molar-refractivity contribution in [1.29, 1.82) is 0 Å². The summed E-state index contributed by atoms with van der Waals surface area (Å²) >= 11 is 0. The van der Waals surface area contributed by atoms with E-state index in [1.165, 1.54) is 13.1 Å². The van der Waals surface area contributed by atoms with Crippen molar-refractivity contribution in [1.82, 2.24) is 4.31 Å². The Kier molecular flexibility index (Phi) is 3.38. The van der Waals surface area contributed by atoms with E-state index in [1.54, 1.807) is 13.0 Å². The van der Waals surface area contributed by atoms with Gasteiger partial charge in [0.15, 0.2) is 11.5 Å². The first-order valence-corrected chi connectivity index (χ1v) is 6.85. The lowest BCUT2D eigenvalue weighted by atomic mass is 10.2. The Labute approximate surface area is 110 Å². The van der Waals surface area contributed by atoms with Crippen molar-refractivity contribution in [2.45, 2.75) is 11.8 Å². The van der Waals surface area contributed by atoms with Crippen LogP contribution >= 0.6 is 0 Å². The third-order valence-electron chi connectivity index (χ3n) is 2.72. The van der Waals surface area contributed by atoms with Crippen LogP contribution < -0.4 is 9.47 Å². The standard InChI is InChI=1S/C11H13NO6S/c1-7-3-8-9(18-6-17-8)4-10(7)19(15,16)12(2)5-11(13)14/h3-4H,5-6H2,1-2H3,(H,13,14). The van der Waals surface area contributed by atoms with E-state index in [9.17, 15) is 13.2 Å². The van der Waals surface area contributed by atoms with Crippen molar-refractivity contribution in [3.05, 3.63) is 17.7 Å². The lowest BCUT2D eigenvalue weighted by Gasteiger charge is -2.16. The minimum Gasteiger partial charge on any atom is -0.480 e. The minimum atomic E-state index is -3.87. The van der Waals surface area contributed by atoms with E-state index in [0.29, 0.717) is 17.1 Å². The van der Waals surface area contributed by atoms with Gasteiger partial charge < -0.3 is 14.6 Å². The first-order valence-electron chi connectivity index (χ1n) is 5.41. The lowest BCUT2D eigenvalue weighted by molar-refractivity contribution is -0.137. The molecule has 0 aromatic heterocycles. The molecule has 0 atom stereocenters. The molecule has 0 unspecified atom stereocenters. The average Bonchev–Trinajstić information content (AvgIpc) is 2.73. The van der Waals surface area contributed by atoms with Crippen LogP contribution in [0.3, 0.4) is 0 Å². The molecule has 1 aliphatic rings. The van der Waals surface area contributed by atoms with Gasteiger partial charge in [-0.3, -0.25) is 4.79 Å². The zero-order valence-electron chi connectivity index (χ0n) is 10.4. The number of carboxylic acid groups (broad SMARTS) is 1. The van der Waals surface area contributed by atoms with Gasteiger partial charge in [0.1, 0.15) is 6.54 Å². The van der Waals surface area contributed by atoms with Crippen LogP contribution in [0.5, 0.6) is 11.5 Å². The molecule has 8 heteroatoms. The van der Waals surface area contributed by atoms with Gasteiger partial charge in [-0.05, 0) is 18.6 Å². The number of hydrogen-bond donors (Lipinski definition) is 1. The summed E-state index contributed by atoms with van der Waals surface area (Å²) in [5.41, 5.74) is 0.474. The Balaban J connectivity index is 2.43. The summed E-state index contributed by atoms with van der Waals surface area (Å²) in [4.78, 5) is 10.6. The minimum absolute atomic E-state index is 0.0144. The number of benzene rings is 1. The van der Waals surface area contributed by atoms with Crippen LogP contribution in [0.1, 0.15) is 5.56 Å². The molecule has 7 nitrogen and oxygen atoms in total. The summed E-state index contributed by atoms with van der Waals surface area (Å²) in [7, 11) is -2.65. The number of aliphatic carboxylic acids is 1. The third-order valence-corrected chi connectivity index (χ3v) is 4.66. The molecule has 19 heavy (non-hydrogen) atoms. The lowest BCUT2D eigenvalue weighted by Crippen LogP contribution is -2.32. The fourth-order valence-electron chi connectivity index (χ4n) is 1.75. The maximum absolute atomic E-state index is 12.3. The van der Waals surface area contributed by atoms with Gasteiger partial charge in [0.05, 0.1) is 4.90 Å². The number of hydrogen-bond acceptors (Lipinski definition) is 5. The van der Waals surface area contributed by atoms with E-state index in [2.05, 4.69) is 0 Å². The molecule has 0 radical (unpaired) electrons. The SMILES string of the molecule is Cc1cc2c(cc1S(=O)(=O)N(C)CC(=O)O)OCO2. The quantitative estimate of drug-likeness (QED) is 0.863. The highest BCUT2D eigenvalue weighted by Crippen LogP contribution is 2.36. The molecular formula is C11H13NO6S. The summed E-state index contributed by atoms with van der Waals surface area (Å²) < 4.78 is 35.6. The topological polar surface area (TPSA) is 93.1 Å². The maximum atomic E-state index is 12.3. The highest BCUT2D eigenvalue weighted by molar-refractivity contribution is 7.89. The molecule has 0 bridgehead atoms. The number of aryl methyl sites for hydroxylation is 1. The Morgan fingerprint density at radius 2 is 1.95 bits per heavy atom. The number of ether oxygens (including phenoxy) is 2. The van der Waals surface area contributed by atoms with Crippen molar-refractivity contribution in [3.8, 4) is 11.5 Å². The summed E-state index contributed by atoms with van der Waals surface area (Å²) in [5, 5.41) is 8.67. The molecule has 1 aromatic rings. The van der Waals surface area contributed by atoms with Crippen molar-refractivity contribution >= 4 is 16.0 Å². The van der Waals surface area contributed by atoms with Crippen LogP contribution in [-0.4, -0.2) is 44.2 Å². The van der Waals surface area contributed by atoms with Crippen LogP contribution in [0.2, 0.25) is 0 Å². The number of sulfonamides is 1. The van der Waals surface area contributed by atoms with Gasteiger partial charge in [0, 0.05) is 13.1 Å². The van der Waals surface area contributed by atoms with Gasteiger partial charge in [0.25, 0.3) is 0 Å². The molecule has 0 spiro atoms. The van der Waals surface area contributed by atoms with Crippen LogP contribution in [0.4, 0.5) is 0 Å². The summed E-state index contributed by atoms with van der Waals surface area (Å²) in [6.45, 7) is 1.06. The van der Waals surface area contributed by atoms with Crippen molar-refractivity contribution in [3.63, 3.8) is 0 Å². The molecule has 1 heterocycles. The average molecular weight is 287 g/mol. The van der Waals surface area contributed by atoms with Crippen molar-refractivity contribution in [2.24, 2.45) is 0 Å². The second kappa shape index (κ2) is 4.71. The maximum Gasteiger partial charge on any atom is 0.318 e.